The maximum Gasteiger partial charge on any atom is 0.172 e. The van der Waals surface area contributed by atoms with Crippen molar-refractivity contribution in [1.29, 1.82) is 0 Å². The zero-order valence-electron chi connectivity index (χ0n) is 12.1. The monoisotopic (exact) mass is 293 g/mol. The molecule has 0 aliphatic carbocycles. The molecule has 0 aliphatic rings. The van der Waals surface area contributed by atoms with Gasteiger partial charge in [0.05, 0.1) is 24.6 Å². The van der Waals surface area contributed by atoms with Gasteiger partial charge in [0.15, 0.2) is 5.78 Å². The number of pyridine rings is 1. The van der Waals surface area contributed by atoms with Gasteiger partial charge in [-0.2, -0.15) is 0 Å². The van der Waals surface area contributed by atoms with Crippen LogP contribution in [0.4, 0.5) is 0 Å². The van der Waals surface area contributed by atoms with Gasteiger partial charge < -0.3 is 9.84 Å². The number of hydrogen-bond acceptors (Lipinski definition) is 4. The summed E-state index contributed by atoms with van der Waals surface area (Å²) in [7, 11) is 1.51. The maximum atomic E-state index is 12.3. The highest BCUT2D eigenvalue weighted by atomic mass is 16.5. The van der Waals surface area contributed by atoms with Crippen LogP contribution in [0.2, 0.25) is 0 Å². The van der Waals surface area contributed by atoms with Gasteiger partial charge in [-0.25, -0.2) is 0 Å². The van der Waals surface area contributed by atoms with Crippen LogP contribution in [0.25, 0.3) is 10.9 Å². The number of rotatable bonds is 4. The lowest BCUT2D eigenvalue weighted by molar-refractivity contribution is 0.0989. The van der Waals surface area contributed by atoms with Crippen molar-refractivity contribution in [3.63, 3.8) is 0 Å². The van der Waals surface area contributed by atoms with Gasteiger partial charge in [-0.3, -0.25) is 9.78 Å². The van der Waals surface area contributed by atoms with E-state index in [9.17, 15) is 9.90 Å². The molecule has 22 heavy (non-hydrogen) atoms. The molecular formula is C18H15NO3. The van der Waals surface area contributed by atoms with Crippen LogP contribution in [-0.4, -0.2) is 23.0 Å². The number of methoxy groups -OCH3 is 1. The summed E-state index contributed by atoms with van der Waals surface area (Å²) in [5.41, 5.74) is 1.81. The number of ketones is 1. The van der Waals surface area contributed by atoms with Crippen LogP contribution in [0.3, 0.4) is 0 Å². The van der Waals surface area contributed by atoms with Gasteiger partial charge in [-0.05, 0) is 24.3 Å². The predicted molar refractivity (Wildman–Crippen MR) is 84.4 cm³/mol. The van der Waals surface area contributed by atoms with Gasteiger partial charge in [0, 0.05) is 17.1 Å². The van der Waals surface area contributed by atoms with Crippen LogP contribution in [0, 0.1) is 0 Å². The Morgan fingerprint density at radius 2 is 1.95 bits per heavy atom. The molecule has 2 aromatic carbocycles. The Kier molecular flexibility index (Phi) is 3.74. The van der Waals surface area contributed by atoms with E-state index >= 15 is 0 Å². The highest BCUT2D eigenvalue weighted by molar-refractivity contribution is 6.00. The first-order chi connectivity index (χ1) is 10.7. The third-order valence-electron chi connectivity index (χ3n) is 3.50. The molecule has 0 bridgehead atoms. The molecular weight excluding hydrogens is 278 g/mol. The number of benzene rings is 2. The lowest BCUT2D eigenvalue weighted by Gasteiger charge is -2.06. The van der Waals surface area contributed by atoms with Gasteiger partial charge in [0.2, 0.25) is 0 Å². The third-order valence-corrected chi connectivity index (χ3v) is 3.50. The van der Waals surface area contributed by atoms with Crippen molar-refractivity contribution in [2.75, 3.05) is 7.11 Å². The summed E-state index contributed by atoms with van der Waals surface area (Å²) >= 11 is 0. The molecule has 4 heteroatoms. The molecule has 110 valence electrons. The Labute approximate surface area is 128 Å². The summed E-state index contributed by atoms with van der Waals surface area (Å²) in [4.78, 5) is 16.8. The molecule has 0 atom stereocenters. The Bertz CT molecular complexity index is 843. The van der Waals surface area contributed by atoms with E-state index in [1.165, 1.54) is 13.2 Å². The van der Waals surface area contributed by atoms with Crippen molar-refractivity contribution < 1.29 is 14.6 Å². The highest BCUT2D eigenvalue weighted by Gasteiger charge is 2.13. The van der Waals surface area contributed by atoms with Crippen LogP contribution in [0.5, 0.6) is 11.5 Å². The Balaban J connectivity index is 1.86. The second-order valence-electron chi connectivity index (χ2n) is 4.98. The van der Waals surface area contributed by atoms with E-state index in [0.29, 0.717) is 11.4 Å². The lowest BCUT2D eigenvalue weighted by atomic mass is 10.0. The molecule has 3 aromatic rings. The van der Waals surface area contributed by atoms with E-state index in [1.54, 1.807) is 12.1 Å². The minimum Gasteiger partial charge on any atom is -0.507 e. The molecule has 0 saturated heterocycles. The van der Waals surface area contributed by atoms with Crippen LogP contribution >= 0.6 is 0 Å². The van der Waals surface area contributed by atoms with E-state index in [2.05, 4.69) is 4.98 Å². The fourth-order valence-corrected chi connectivity index (χ4v) is 2.34. The van der Waals surface area contributed by atoms with Crippen LogP contribution < -0.4 is 4.74 Å². The smallest absolute Gasteiger partial charge is 0.172 e. The topological polar surface area (TPSA) is 59.4 Å². The summed E-state index contributed by atoms with van der Waals surface area (Å²) in [5.74, 6) is 0.256. The van der Waals surface area contributed by atoms with Gasteiger partial charge >= 0.3 is 0 Å². The highest BCUT2D eigenvalue weighted by Crippen LogP contribution is 2.24. The normalized spacial score (nSPS) is 10.6. The van der Waals surface area contributed by atoms with E-state index in [0.717, 1.165) is 10.9 Å². The Morgan fingerprint density at radius 3 is 2.73 bits per heavy atom. The molecule has 0 radical (unpaired) electrons. The largest absolute Gasteiger partial charge is 0.507 e. The first kappa shape index (κ1) is 14.1. The van der Waals surface area contributed by atoms with Crippen molar-refractivity contribution in [3.8, 4) is 11.5 Å². The summed E-state index contributed by atoms with van der Waals surface area (Å²) in [6.45, 7) is 0. The number of phenols is 1. The maximum absolute atomic E-state index is 12.3. The first-order valence-corrected chi connectivity index (χ1v) is 6.92. The van der Waals surface area contributed by atoms with Crippen molar-refractivity contribution >= 4 is 16.7 Å². The molecule has 0 amide bonds. The van der Waals surface area contributed by atoms with Crippen molar-refractivity contribution in [1.82, 2.24) is 4.98 Å². The molecule has 0 aliphatic heterocycles. The van der Waals surface area contributed by atoms with Crippen molar-refractivity contribution in [2.45, 2.75) is 6.42 Å². The Hall–Kier alpha value is -2.88. The fourth-order valence-electron chi connectivity index (χ4n) is 2.34. The van der Waals surface area contributed by atoms with Crippen LogP contribution in [0.1, 0.15) is 16.1 Å². The SMILES string of the molecule is COc1ccc(C(=O)Cc2ccc3ccccc3n2)c(O)c1. The number of phenolic OH excluding ortho intramolecular Hbond substituents is 1. The van der Waals surface area contributed by atoms with E-state index in [-0.39, 0.29) is 23.5 Å². The van der Waals surface area contributed by atoms with E-state index < -0.39 is 0 Å². The summed E-state index contributed by atoms with van der Waals surface area (Å²) in [5, 5.41) is 11.0. The lowest BCUT2D eigenvalue weighted by Crippen LogP contribution is -2.05. The molecule has 1 N–H and O–H groups in total. The summed E-state index contributed by atoms with van der Waals surface area (Å²) < 4.78 is 5.01. The summed E-state index contributed by atoms with van der Waals surface area (Å²) in [6, 6.07) is 16.2. The quantitative estimate of drug-likeness (QED) is 0.749. The molecule has 0 unspecified atom stereocenters. The van der Waals surface area contributed by atoms with Gasteiger partial charge in [-0.15, -0.1) is 0 Å². The molecule has 0 fully saturated rings. The second kappa shape index (κ2) is 5.85. The van der Waals surface area contributed by atoms with Gasteiger partial charge in [-0.1, -0.05) is 24.3 Å². The number of ether oxygens (including phenoxy) is 1. The number of carbonyl (C=O) groups is 1. The number of fused-ring (bicyclic) bond motifs is 1. The number of hydrogen-bond donors (Lipinski definition) is 1. The molecule has 4 nitrogen and oxygen atoms in total. The van der Waals surface area contributed by atoms with Crippen molar-refractivity contribution in [3.05, 3.63) is 65.9 Å². The summed E-state index contributed by atoms with van der Waals surface area (Å²) in [6.07, 6.45) is 0.144. The molecule has 1 aromatic heterocycles. The van der Waals surface area contributed by atoms with Gasteiger partial charge in [0.1, 0.15) is 11.5 Å². The zero-order chi connectivity index (χ0) is 15.5. The second-order valence-corrected chi connectivity index (χ2v) is 4.98. The molecule has 0 saturated carbocycles. The van der Waals surface area contributed by atoms with Crippen LogP contribution in [0.15, 0.2) is 54.6 Å². The minimum absolute atomic E-state index is 0.0786. The molecule has 1 heterocycles. The van der Waals surface area contributed by atoms with Gasteiger partial charge in [0.25, 0.3) is 0 Å². The zero-order valence-corrected chi connectivity index (χ0v) is 12.1. The van der Waals surface area contributed by atoms with E-state index in [4.69, 9.17) is 4.74 Å². The number of carbonyl (C=O) groups excluding carboxylic acids is 1. The number of Topliss-reactive ketones (excluding diaryl/α,β-unsaturated/α-hetero) is 1. The average Bonchev–Trinajstić information content (AvgIpc) is 2.54. The number of nitrogens with zero attached hydrogens (tertiary/aromatic N) is 1. The number of para-hydroxylation sites is 1. The number of aromatic nitrogens is 1. The number of aromatic hydroxyl groups is 1. The fraction of sp³-hybridized carbons (Fsp3) is 0.111. The van der Waals surface area contributed by atoms with Crippen LogP contribution in [-0.2, 0) is 6.42 Å². The minimum atomic E-state index is -0.178. The van der Waals surface area contributed by atoms with E-state index in [1.807, 2.05) is 36.4 Å². The third kappa shape index (κ3) is 2.76. The Morgan fingerprint density at radius 1 is 1.14 bits per heavy atom. The average molecular weight is 293 g/mol. The predicted octanol–water partition coefficient (Wildman–Crippen LogP) is 3.37. The molecule has 3 rings (SSSR count). The molecule has 0 spiro atoms. The first-order valence-electron chi connectivity index (χ1n) is 6.92. The standard InChI is InChI=1S/C18H15NO3/c1-22-14-8-9-15(18(21)11-14)17(20)10-13-7-6-12-4-2-3-5-16(12)19-13/h2-9,11,21H,10H2,1H3. The van der Waals surface area contributed by atoms with Crippen molar-refractivity contribution in [2.24, 2.45) is 0 Å².